The number of allylic oxidation sites excluding steroid dienone is 1. The summed E-state index contributed by atoms with van der Waals surface area (Å²) in [5.74, 6) is -2.33. The van der Waals surface area contributed by atoms with Gasteiger partial charge in [0.25, 0.3) is 0 Å². The minimum Gasteiger partial charge on any atom is -0.462 e. The van der Waals surface area contributed by atoms with Crippen LogP contribution in [0.25, 0.3) is 0 Å². The number of Topliss-reactive ketones (excluding diaryl/α,β-unsaturated/α-hetero) is 1. The second-order valence-corrected chi connectivity index (χ2v) is 5.99. The van der Waals surface area contributed by atoms with Gasteiger partial charge in [-0.2, -0.15) is 4.40 Å². The Kier molecular flexibility index (Phi) is 5.44. The average Bonchev–Trinajstić information content (AvgIpc) is 2.86. The Hall–Kier alpha value is -1.31. The van der Waals surface area contributed by atoms with Gasteiger partial charge in [0, 0.05) is 0 Å². The summed E-state index contributed by atoms with van der Waals surface area (Å²) >= 11 is 5.89. The lowest BCUT2D eigenvalue weighted by Gasteiger charge is -2.09. The van der Waals surface area contributed by atoms with E-state index in [-0.39, 0.29) is 27.8 Å². The predicted octanol–water partition coefficient (Wildman–Crippen LogP) is 3.77. The molecule has 1 aliphatic rings. The van der Waals surface area contributed by atoms with E-state index in [0.29, 0.717) is 0 Å². The number of benzene rings is 1. The number of esters is 1. The lowest BCUT2D eigenvalue weighted by Crippen LogP contribution is -2.19. The number of hydrogen-bond acceptors (Lipinski definition) is 6. The van der Waals surface area contributed by atoms with Crippen molar-refractivity contribution in [3.63, 3.8) is 0 Å². The predicted molar refractivity (Wildman–Crippen MR) is 82.9 cm³/mol. The van der Waals surface area contributed by atoms with E-state index >= 15 is 0 Å². The molecule has 0 bridgehead atoms. The van der Waals surface area contributed by atoms with Crippen LogP contribution in [0.15, 0.2) is 39.1 Å². The molecule has 2 rings (SSSR count). The Morgan fingerprint density at radius 1 is 1.38 bits per heavy atom. The Morgan fingerprint density at radius 2 is 2.10 bits per heavy atom. The number of rotatable bonds is 4. The molecule has 0 unspecified atom stereocenters. The molecule has 0 aromatic heterocycles. The zero-order valence-electron chi connectivity index (χ0n) is 10.8. The Labute approximate surface area is 133 Å². The smallest absolute Gasteiger partial charge is 0.343 e. The van der Waals surface area contributed by atoms with Gasteiger partial charge in [-0.1, -0.05) is 23.7 Å². The van der Waals surface area contributed by atoms with Crippen LogP contribution in [-0.4, -0.2) is 23.5 Å². The molecule has 4 nitrogen and oxygen atoms in total. The van der Waals surface area contributed by atoms with Crippen molar-refractivity contribution >= 4 is 50.3 Å². The molecule has 1 heterocycles. The summed E-state index contributed by atoms with van der Waals surface area (Å²) in [7, 11) is 2.09. The fourth-order valence-electron chi connectivity index (χ4n) is 1.58. The Balaban J connectivity index is 2.51. The molecule has 1 aliphatic heterocycles. The van der Waals surface area contributed by atoms with Crippen LogP contribution in [0.4, 0.5) is 4.39 Å². The van der Waals surface area contributed by atoms with Crippen molar-refractivity contribution in [1.82, 2.24) is 0 Å². The third-order valence-electron chi connectivity index (χ3n) is 2.48. The van der Waals surface area contributed by atoms with Gasteiger partial charge in [-0.15, -0.1) is 0 Å². The highest BCUT2D eigenvalue weighted by molar-refractivity contribution is 8.78. The molecule has 0 N–H and O–H groups in total. The molecular formula is C13H9ClFNO3S2. The summed E-state index contributed by atoms with van der Waals surface area (Å²) < 4.78 is 22.5. The van der Waals surface area contributed by atoms with E-state index in [1.54, 1.807) is 6.92 Å². The van der Waals surface area contributed by atoms with Crippen LogP contribution < -0.4 is 0 Å². The Bertz CT molecular complexity index is 661. The molecule has 0 fully saturated rings. The summed E-state index contributed by atoms with van der Waals surface area (Å²) in [4.78, 5) is 24.7. The number of nitrogens with zero attached hydrogens (tertiary/aromatic N) is 1. The zero-order chi connectivity index (χ0) is 15.4. The van der Waals surface area contributed by atoms with E-state index in [1.165, 1.54) is 18.2 Å². The number of hydrogen-bond donors (Lipinski definition) is 0. The molecule has 0 saturated carbocycles. The summed E-state index contributed by atoms with van der Waals surface area (Å²) in [5, 5.41) is 0.0257. The lowest BCUT2D eigenvalue weighted by atomic mass is 10.0. The van der Waals surface area contributed by atoms with Gasteiger partial charge in [0.2, 0.25) is 5.78 Å². The molecule has 8 heteroatoms. The van der Waals surface area contributed by atoms with Crippen molar-refractivity contribution < 1.29 is 18.7 Å². The quantitative estimate of drug-likeness (QED) is 0.158. The van der Waals surface area contributed by atoms with Crippen LogP contribution >= 0.6 is 33.4 Å². The maximum absolute atomic E-state index is 13.8. The van der Waals surface area contributed by atoms with Crippen molar-refractivity contribution in [3.05, 3.63) is 46.1 Å². The van der Waals surface area contributed by atoms with E-state index in [2.05, 4.69) is 4.40 Å². The van der Waals surface area contributed by atoms with Gasteiger partial charge in [0.15, 0.2) is 5.17 Å². The van der Waals surface area contributed by atoms with Gasteiger partial charge in [-0.05, 0) is 29.9 Å². The van der Waals surface area contributed by atoms with E-state index < -0.39 is 17.6 Å². The van der Waals surface area contributed by atoms with Gasteiger partial charge in [0.1, 0.15) is 11.4 Å². The summed E-state index contributed by atoms with van der Waals surface area (Å²) in [6, 6.07) is 5.41. The largest absolute Gasteiger partial charge is 0.462 e. The van der Waals surface area contributed by atoms with E-state index in [9.17, 15) is 14.0 Å². The SMILES string of the molecule is CCOC(=O)/C(C(=O)c1ccccc1F)=C1\SSN=C1Cl. The van der Waals surface area contributed by atoms with Crippen LogP contribution in [0.5, 0.6) is 0 Å². The molecule has 1 aromatic rings. The van der Waals surface area contributed by atoms with Crippen molar-refractivity contribution in [3.8, 4) is 0 Å². The molecule has 0 spiro atoms. The van der Waals surface area contributed by atoms with Crippen molar-refractivity contribution in [1.29, 1.82) is 0 Å². The van der Waals surface area contributed by atoms with Crippen LogP contribution in [-0.2, 0) is 9.53 Å². The summed E-state index contributed by atoms with van der Waals surface area (Å²) in [5.41, 5.74) is -0.513. The zero-order valence-corrected chi connectivity index (χ0v) is 13.1. The van der Waals surface area contributed by atoms with Gasteiger partial charge >= 0.3 is 5.97 Å². The maximum Gasteiger partial charge on any atom is 0.343 e. The van der Waals surface area contributed by atoms with Gasteiger partial charge in [-0.25, -0.2) is 9.18 Å². The van der Waals surface area contributed by atoms with Gasteiger partial charge in [-0.3, -0.25) is 4.79 Å². The highest BCUT2D eigenvalue weighted by Gasteiger charge is 2.31. The van der Waals surface area contributed by atoms with Crippen LogP contribution in [0.1, 0.15) is 17.3 Å². The molecule has 21 heavy (non-hydrogen) atoms. The topological polar surface area (TPSA) is 55.7 Å². The molecule has 0 atom stereocenters. The number of carbonyl (C=O) groups excluding carboxylic acids is 2. The standard InChI is InChI=1S/C13H9ClFNO3S2/c1-2-19-13(18)9(11-12(14)16-21-20-11)10(17)7-5-3-4-6-8(7)15/h3-6H,2H2,1H3/b11-9-. The first-order valence-electron chi connectivity index (χ1n) is 5.84. The third-order valence-corrected chi connectivity index (χ3v) is 4.81. The van der Waals surface area contributed by atoms with Crippen LogP contribution in [0.3, 0.4) is 0 Å². The number of ether oxygens (including phenoxy) is 1. The molecule has 110 valence electrons. The second kappa shape index (κ2) is 7.11. The minimum atomic E-state index is -0.843. The average molecular weight is 346 g/mol. The molecule has 0 saturated heterocycles. The first kappa shape index (κ1) is 16.1. The van der Waals surface area contributed by atoms with E-state index in [0.717, 1.165) is 27.8 Å². The number of carbonyl (C=O) groups is 2. The fraction of sp³-hybridized carbons (Fsp3) is 0.154. The lowest BCUT2D eigenvalue weighted by molar-refractivity contribution is -0.138. The second-order valence-electron chi connectivity index (χ2n) is 3.77. The van der Waals surface area contributed by atoms with Crippen molar-refractivity contribution in [2.24, 2.45) is 4.40 Å². The van der Waals surface area contributed by atoms with Gasteiger partial charge in [0.05, 0.1) is 28.1 Å². The fourth-order valence-corrected chi connectivity index (χ4v) is 3.90. The molecule has 1 aromatic carbocycles. The normalized spacial score (nSPS) is 16.4. The maximum atomic E-state index is 13.8. The van der Waals surface area contributed by atoms with Crippen molar-refractivity contribution in [2.75, 3.05) is 6.61 Å². The number of halogens is 2. The first-order valence-corrected chi connectivity index (χ1v) is 8.33. The van der Waals surface area contributed by atoms with Crippen LogP contribution in [0, 0.1) is 5.82 Å². The number of ketones is 1. The third kappa shape index (κ3) is 3.48. The first-order chi connectivity index (χ1) is 10.1. The van der Waals surface area contributed by atoms with E-state index in [1.807, 2.05) is 0 Å². The van der Waals surface area contributed by atoms with Crippen LogP contribution in [0.2, 0.25) is 0 Å². The molecule has 0 amide bonds. The monoisotopic (exact) mass is 345 g/mol. The highest BCUT2D eigenvalue weighted by Crippen LogP contribution is 2.43. The summed E-state index contributed by atoms with van der Waals surface area (Å²) in [6.07, 6.45) is 0. The molecule has 0 radical (unpaired) electrons. The summed E-state index contributed by atoms with van der Waals surface area (Å²) in [6.45, 7) is 1.70. The Morgan fingerprint density at radius 3 is 2.67 bits per heavy atom. The van der Waals surface area contributed by atoms with Crippen molar-refractivity contribution in [2.45, 2.75) is 6.92 Å². The highest BCUT2D eigenvalue weighted by atomic mass is 35.5. The molecular weight excluding hydrogens is 337 g/mol. The molecule has 0 aliphatic carbocycles. The van der Waals surface area contributed by atoms with Gasteiger partial charge < -0.3 is 4.74 Å². The minimum absolute atomic E-state index is 0.0257. The van der Waals surface area contributed by atoms with E-state index in [4.69, 9.17) is 16.3 Å².